The molecule has 14 heavy (non-hydrogen) atoms. The lowest BCUT2D eigenvalue weighted by Gasteiger charge is -2.00. The van der Waals surface area contributed by atoms with E-state index in [4.69, 9.17) is 9.94 Å². The molecule has 0 radical (unpaired) electrons. The summed E-state index contributed by atoms with van der Waals surface area (Å²) < 4.78 is 4.79. The van der Waals surface area contributed by atoms with E-state index in [2.05, 4.69) is 5.16 Å². The number of ether oxygens (including phenoxy) is 1. The predicted octanol–water partition coefficient (Wildman–Crippen LogP) is 2.35. The first-order valence-electron chi connectivity index (χ1n) is 5.12. The molecule has 1 N–H and O–H groups in total. The van der Waals surface area contributed by atoms with E-state index in [1.807, 2.05) is 6.92 Å². The van der Waals surface area contributed by atoms with Crippen LogP contribution in [0.4, 0.5) is 0 Å². The van der Waals surface area contributed by atoms with E-state index < -0.39 is 0 Å². The van der Waals surface area contributed by atoms with Crippen molar-refractivity contribution in [2.45, 2.75) is 45.4 Å². The molecular formula is C10H19NO3. The molecule has 0 bridgehead atoms. The minimum absolute atomic E-state index is 0.107. The van der Waals surface area contributed by atoms with Gasteiger partial charge in [-0.2, -0.15) is 0 Å². The molecule has 0 fully saturated rings. The Morgan fingerprint density at radius 3 is 2.71 bits per heavy atom. The van der Waals surface area contributed by atoms with Gasteiger partial charge in [-0.05, 0) is 26.2 Å². The molecule has 0 aromatic heterocycles. The molecule has 0 saturated carbocycles. The van der Waals surface area contributed by atoms with Crippen LogP contribution in [0.25, 0.3) is 0 Å². The lowest BCUT2D eigenvalue weighted by atomic mass is 10.1. The Hall–Kier alpha value is -1.06. The SMILES string of the molecule is CCOC(=O)CCCCCC/C=N/O. The van der Waals surface area contributed by atoms with E-state index in [-0.39, 0.29) is 5.97 Å². The van der Waals surface area contributed by atoms with Gasteiger partial charge in [0, 0.05) is 12.6 Å². The van der Waals surface area contributed by atoms with Gasteiger partial charge in [0.15, 0.2) is 0 Å². The highest BCUT2D eigenvalue weighted by molar-refractivity contribution is 5.69. The monoisotopic (exact) mass is 201 g/mol. The highest BCUT2D eigenvalue weighted by atomic mass is 16.5. The second kappa shape index (κ2) is 10.0. The molecule has 4 nitrogen and oxygen atoms in total. The first kappa shape index (κ1) is 12.9. The van der Waals surface area contributed by atoms with Crippen molar-refractivity contribution in [2.75, 3.05) is 6.61 Å². The van der Waals surface area contributed by atoms with Gasteiger partial charge in [0.2, 0.25) is 0 Å². The van der Waals surface area contributed by atoms with E-state index in [1.165, 1.54) is 6.21 Å². The Balaban J connectivity index is 3.09. The van der Waals surface area contributed by atoms with E-state index in [0.717, 1.165) is 32.1 Å². The molecule has 0 aromatic carbocycles. The van der Waals surface area contributed by atoms with Crippen LogP contribution in [0.5, 0.6) is 0 Å². The van der Waals surface area contributed by atoms with Gasteiger partial charge in [0.1, 0.15) is 0 Å². The minimum Gasteiger partial charge on any atom is -0.466 e. The van der Waals surface area contributed by atoms with Crippen LogP contribution in [0.2, 0.25) is 0 Å². The number of hydrogen-bond acceptors (Lipinski definition) is 4. The van der Waals surface area contributed by atoms with Gasteiger partial charge in [-0.15, -0.1) is 5.16 Å². The van der Waals surface area contributed by atoms with Crippen molar-refractivity contribution in [1.29, 1.82) is 0 Å². The van der Waals surface area contributed by atoms with Crippen LogP contribution >= 0.6 is 0 Å². The Labute approximate surface area is 84.9 Å². The molecule has 0 aliphatic carbocycles. The van der Waals surface area contributed by atoms with Crippen molar-refractivity contribution in [3.63, 3.8) is 0 Å². The molecule has 0 aliphatic rings. The number of esters is 1. The molecular weight excluding hydrogens is 182 g/mol. The first-order chi connectivity index (χ1) is 6.81. The Morgan fingerprint density at radius 1 is 1.36 bits per heavy atom. The van der Waals surface area contributed by atoms with Crippen LogP contribution in [0.1, 0.15) is 45.4 Å². The molecule has 0 spiro atoms. The van der Waals surface area contributed by atoms with Gasteiger partial charge >= 0.3 is 5.97 Å². The average molecular weight is 201 g/mol. The van der Waals surface area contributed by atoms with Gasteiger partial charge in [0.25, 0.3) is 0 Å². The van der Waals surface area contributed by atoms with Crippen molar-refractivity contribution < 1.29 is 14.7 Å². The molecule has 0 aromatic rings. The van der Waals surface area contributed by atoms with Crippen LogP contribution < -0.4 is 0 Å². The lowest BCUT2D eigenvalue weighted by molar-refractivity contribution is -0.143. The van der Waals surface area contributed by atoms with Crippen molar-refractivity contribution in [3.8, 4) is 0 Å². The Bertz CT molecular complexity index is 169. The molecule has 0 amide bonds. The van der Waals surface area contributed by atoms with E-state index in [0.29, 0.717) is 13.0 Å². The van der Waals surface area contributed by atoms with Crippen LogP contribution in [-0.4, -0.2) is 24.0 Å². The van der Waals surface area contributed by atoms with Gasteiger partial charge in [-0.1, -0.05) is 12.8 Å². The van der Waals surface area contributed by atoms with Gasteiger partial charge in [0.05, 0.1) is 6.61 Å². The van der Waals surface area contributed by atoms with Gasteiger partial charge in [-0.3, -0.25) is 4.79 Å². The highest BCUT2D eigenvalue weighted by Crippen LogP contribution is 2.05. The molecule has 0 atom stereocenters. The number of oxime groups is 1. The number of nitrogens with zero attached hydrogens (tertiary/aromatic N) is 1. The van der Waals surface area contributed by atoms with Gasteiger partial charge < -0.3 is 9.94 Å². The average Bonchev–Trinajstić information content (AvgIpc) is 2.17. The highest BCUT2D eigenvalue weighted by Gasteiger charge is 1.99. The summed E-state index contributed by atoms with van der Waals surface area (Å²) in [5.41, 5.74) is 0. The Kier molecular flexibility index (Phi) is 9.26. The number of rotatable bonds is 8. The topological polar surface area (TPSA) is 58.9 Å². The zero-order valence-electron chi connectivity index (χ0n) is 8.74. The van der Waals surface area contributed by atoms with Crippen molar-refractivity contribution in [2.24, 2.45) is 5.16 Å². The van der Waals surface area contributed by atoms with Crippen LogP contribution in [-0.2, 0) is 9.53 Å². The summed E-state index contributed by atoms with van der Waals surface area (Å²) in [6.45, 7) is 2.28. The van der Waals surface area contributed by atoms with Crippen LogP contribution in [0.3, 0.4) is 0 Å². The minimum atomic E-state index is -0.107. The van der Waals surface area contributed by atoms with E-state index in [1.54, 1.807) is 0 Å². The summed E-state index contributed by atoms with van der Waals surface area (Å²) in [4.78, 5) is 10.9. The summed E-state index contributed by atoms with van der Waals surface area (Å²) in [7, 11) is 0. The third-order valence-corrected chi connectivity index (χ3v) is 1.85. The fourth-order valence-electron chi connectivity index (χ4n) is 1.15. The summed E-state index contributed by atoms with van der Waals surface area (Å²) in [5.74, 6) is -0.107. The smallest absolute Gasteiger partial charge is 0.305 e. The van der Waals surface area contributed by atoms with Crippen molar-refractivity contribution in [3.05, 3.63) is 0 Å². The zero-order valence-corrected chi connectivity index (χ0v) is 8.74. The maximum Gasteiger partial charge on any atom is 0.305 e. The quantitative estimate of drug-likeness (QED) is 0.215. The molecule has 0 rings (SSSR count). The predicted molar refractivity (Wildman–Crippen MR) is 54.6 cm³/mol. The van der Waals surface area contributed by atoms with Crippen molar-refractivity contribution >= 4 is 12.2 Å². The number of carbonyl (C=O) groups excluding carboxylic acids is 1. The second-order valence-electron chi connectivity index (χ2n) is 3.06. The second-order valence-corrected chi connectivity index (χ2v) is 3.06. The molecule has 0 heterocycles. The summed E-state index contributed by atoms with van der Waals surface area (Å²) in [6.07, 6.45) is 6.79. The number of carbonyl (C=O) groups is 1. The van der Waals surface area contributed by atoms with Crippen LogP contribution in [0, 0.1) is 0 Å². The normalized spacial score (nSPS) is 10.6. The molecule has 0 aliphatic heterocycles. The molecule has 82 valence electrons. The van der Waals surface area contributed by atoms with Crippen molar-refractivity contribution in [1.82, 2.24) is 0 Å². The van der Waals surface area contributed by atoms with E-state index in [9.17, 15) is 4.79 Å². The van der Waals surface area contributed by atoms with Crippen LogP contribution in [0.15, 0.2) is 5.16 Å². The summed E-state index contributed by atoms with van der Waals surface area (Å²) >= 11 is 0. The third kappa shape index (κ3) is 9.03. The third-order valence-electron chi connectivity index (χ3n) is 1.85. The summed E-state index contributed by atoms with van der Waals surface area (Å²) in [6, 6.07) is 0. The molecule has 0 saturated heterocycles. The molecule has 0 unspecified atom stereocenters. The zero-order chi connectivity index (χ0) is 10.6. The Morgan fingerprint density at radius 2 is 2.07 bits per heavy atom. The fraction of sp³-hybridized carbons (Fsp3) is 0.800. The standard InChI is InChI=1S/C10H19NO3/c1-2-14-10(12)8-6-4-3-5-7-9-11-13/h9,13H,2-8H2,1H3/b11-9+. The first-order valence-corrected chi connectivity index (χ1v) is 5.12. The largest absolute Gasteiger partial charge is 0.466 e. The number of unbranched alkanes of at least 4 members (excludes halogenated alkanes) is 4. The van der Waals surface area contributed by atoms with Gasteiger partial charge in [-0.25, -0.2) is 0 Å². The molecule has 4 heteroatoms. The maximum atomic E-state index is 10.9. The fourth-order valence-corrected chi connectivity index (χ4v) is 1.15. The summed E-state index contributed by atoms with van der Waals surface area (Å²) in [5, 5.41) is 11.0. The number of hydrogen-bond donors (Lipinski definition) is 1. The maximum absolute atomic E-state index is 10.9. The lowest BCUT2D eigenvalue weighted by Crippen LogP contribution is -2.03. The van der Waals surface area contributed by atoms with E-state index >= 15 is 0 Å².